The van der Waals surface area contributed by atoms with Crippen LogP contribution in [-0.4, -0.2) is 11.5 Å². The van der Waals surface area contributed by atoms with Gasteiger partial charge >= 0.3 is 0 Å². The quantitative estimate of drug-likeness (QED) is 0.891. The standard InChI is InChI=1S/C15H16ClFN2O/c1-3-18-10(2)11-7-8-14(19-9-11)20-13-6-4-5-12(16)15(13)17/h4-10,18H,3H2,1-2H3. The molecule has 106 valence electrons. The molecule has 0 fully saturated rings. The van der Waals surface area contributed by atoms with E-state index in [0.29, 0.717) is 5.88 Å². The predicted octanol–water partition coefficient (Wildman–Crippen LogP) is 4.34. The van der Waals surface area contributed by atoms with Crippen molar-refractivity contribution < 1.29 is 9.13 Å². The Morgan fingerprint density at radius 1 is 1.35 bits per heavy atom. The van der Waals surface area contributed by atoms with E-state index < -0.39 is 5.82 Å². The van der Waals surface area contributed by atoms with E-state index in [1.807, 2.05) is 13.0 Å². The topological polar surface area (TPSA) is 34.1 Å². The third kappa shape index (κ3) is 3.46. The van der Waals surface area contributed by atoms with Gasteiger partial charge in [0, 0.05) is 18.3 Å². The molecule has 0 saturated carbocycles. The first-order chi connectivity index (χ1) is 9.61. The second-order valence-corrected chi connectivity index (χ2v) is 4.77. The van der Waals surface area contributed by atoms with E-state index in [0.717, 1.165) is 12.1 Å². The zero-order valence-corrected chi connectivity index (χ0v) is 12.1. The number of rotatable bonds is 5. The second kappa shape index (κ2) is 6.68. The summed E-state index contributed by atoms with van der Waals surface area (Å²) in [5.74, 6) is -0.183. The number of hydrogen-bond acceptors (Lipinski definition) is 3. The Morgan fingerprint density at radius 2 is 2.15 bits per heavy atom. The maximum Gasteiger partial charge on any atom is 0.219 e. The van der Waals surface area contributed by atoms with Crippen LogP contribution in [0, 0.1) is 5.82 Å². The van der Waals surface area contributed by atoms with Crippen molar-refractivity contribution in [2.24, 2.45) is 0 Å². The molecule has 0 spiro atoms. The molecule has 1 aromatic carbocycles. The van der Waals surface area contributed by atoms with Crippen LogP contribution in [0.4, 0.5) is 4.39 Å². The lowest BCUT2D eigenvalue weighted by Gasteiger charge is -2.13. The van der Waals surface area contributed by atoms with Gasteiger partial charge < -0.3 is 10.1 Å². The fourth-order valence-corrected chi connectivity index (χ4v) is 1.97. The summed E-state index contributed by atoms with van der Waals surface area (Å²) in [6.07, 6.45) is 1.71. The summed E-state index contributed by atoms with van der Waals surface area (Å²) in [5.41, 5.74) is 1.05. The molecule has 1 atom stereocenters. The Morgan fingerprint density at radius 3 is 2.80 bits per heavy atom. The lowest BCUT2D eigenvalue weighted by molar-refractivity contribution is 0.427. The highest BCUT2D eigenvalue weighted by Gasteiger charge is 2.10. The largest absolute Gasteiger partial charge is 0.436 e. The summed E-state index contributed by atoms with van der Waals surface area (Å²) in [7, 11) is 0. The number of nitrogens with one attached hydrogen (secondary N) is 1. The molecular weight excluding hydrogens is 279 g/mol. The monoisotopic (exact) mass is 294 g/mol. The van der Waals surface area contributed by atoms with Gasteiger partial charge in [-0.2, -0.15) is 0 Å². The number of aromatic nitrogens is 1. The van der Waals surface area contributed by atoms with E-state index >= 15 is 0 Å². The van der Waals surface area contributed by atoms with Crippen LogP contribution in [0.25, 0.3) is 0 Å². The van der Waals surface area contributed by atoms with Gasteiger partial charge in [-0.25, -0.2) is 9.37 Å². The van der Waals surface area contributed by atoms with Crippen molar-refractivity contribution in [3.05, 3.63) is 52.9 Å². The molecule has 1 heterocycles. The van der Waals surface area contributed by atoms with Crippen molar-refractivity contribution in [2.45, 2.75) is 19.9 Å². The summed E-state index contributed by atoms with van der Waals surface area (Å²) >= 11 is 5.70. The van der Waals surface area contributed by atoms with Crippen molar-refractivity contribution in [2.75, 3.05) is 6.54 Å². The summed E-state index contributed by atoms with van der Waals surface area (Å²) in [6.45, 7) is 4.98. The zero-order chi connectivity index (χ0) is 14.5. The normalized spacial score (nSPS) is 12.2. The third-order valence-corrected chi connectivity index (χ3v) is 3.19. The Kier molecular flexibility index (Phi) is 4.93. The van der Waals surface area contributed by atoms with Crippen LogP contribution in [0.1, 0.15) is 25.5 Å². The average molecular weight is 295 g/mol. The van der Waals surface area contributed by atoms with Crippen LogP contribution in [0.5, 0.6) is 11.6 Å². The van der Waals surface area contributed by atoms with Gasteiger partial charge in [0.25, 0.3) is 0 Å². The highest BCUT2D eigenvalue weighted by atomic mass is 35.5. The summed E-state index contributed by atoms with van der Waals surface area (Å²) in [4.78, 5) is 4.18. The molecule has 1 N–H and O–H groups in total. The first-order valence-electron chi connectivity index (χ1n) is 6.43. The molecular formula is C15H16ClFN2O. The summed E-state index contributed by atoms with van der Waals surface area (Å²) < 4.78 is 19.1. The molecule has 0 aliphatic rings. The lowest BCUT2D eigenvalue weighted by Crippen LogP contribution is -2.17. The summed E-state index contributed by atoms with van der Waals surface area (Å²) in [6, 6.07) is 8.44. The molecule has 2 aromatic rings. The second-order valence-electron chi connectivity index (χ2n) is 4.36. The number of benzene rings is 1. The van der Waals surface area contributed by atoms with Gasteiger partial charge in [-0.05, 0) is 31.2 Å². The third-order valence-electron chi connectivity index (χ3n) is 2.90. The Labute approximate surface area is 122 Å². The zero-order valence-electron chi connectivity index (χ0n) is 11.4. The van der Waals surface area contributed by atoms with Crippen LogP contribution in [0.3, 0.4) is 0 Å². The van der Waals surface area contributed by atoms with Crippen LogP contribution >= 0.6 is 11.6 Å². The lowest BCUT2D eigenvalue weighted by atomic mass is 10.1. The van der Waals surface area contributed by atoms with Gasteiger partial charge in [-0.15, -0.1) is 0 Å². The van der Waals surface area contributed by atoms with E-state index in [1.54, 1.807) is 18.3 Å². The minimum atomic E-state index is -0.582. The molecule has 0 amide bonds. The van der Waals surface area contributed by atoms with Crippen LogP contribution < -0.4 is 10.1 Å². The van der Waals surface area contributed by atoms with Gasteiger partial charge in [-0.3, -0.25) is 0 Å². The van der Waals surface area contributed by atoms with Gasteiger partial charge in [0.15, 0.2) is 11.6 Å². The van der Waals surface area contributed by atoms with Crippen molar-refractivity contribution in [3.8, 4) is 11.6 Å². The Bertz CT molecular complexity index is 575. The highest BCUT2D eigenvalue weighted by Crippen LogP contribution is 2.28. The molecule has 0 aliphatic heterocycles. The van der Waals surface area contributed by atoms with Gasteiger partial charge in [0.1, 0.15) is 0 Å². The van der Waals surface area contributed by atoms with Crippen LogP contribution in [0.2, 0.25) is 5.02 Å². The number of nitrogens with zero attached hydrogens (tertiary/aromatic N) is 1. The molecule has 0 aliphatic carbocycles. The highest BCUT2D eigenvalue weighted by molar-refractivity contribution is 6.30. The minimum Gasteiger partial charge on any atom is -0.436 e. The van der Waals surface area contributed by atoms with Crippen molar-refractivity contribution >= 4 is 11.6 Å². The maximum atomic E-state index is 13.7. The van der Waals surface area contributed by atoms with E-state index in [4.69, 9.17) is 16.3 Å². The molecule has 3 nitrogen and oxygen atoms in total. The number of ether oxygens (including phenoxy) is 1. The molecule has 2 rings (SSSR count). The number of pyridine rings is 1. The molecule has 0 saturated heterocycles. The van der Waals surface area contributed by atoms with E-state index in [1.165, 1.54) is 12.1 Å². The van der Waals surface area contributed by atoms with Crippen molar-refractivity contribution in [3.63, 3.8) is 0 Å². The smallest absolute Gasteiger partial charge is 0.219 e. The SMILES string of the molecule is CCNC(C)c1ccc(Oc2cccc(Cl)c2F)nc1. The van der Waals surface area contributed by atoms with Crippen LogP contribution in [-0.2, 0) is 0 Å². The first-order valence-corrected chi connectivity index (χ1v) is 6.80. The van der Waals surface area contributed by atoms with Crippen molar-refractivity contribution in [1.29, 1.82) is 0 Å². The number of hydrogen-bond donors (Lipinski definition) is 1. The first kappa shape index (κ1) is 14.8. The minimum absolute atomic E-state index is 0.0277. The molecule has 1 unspecified atom stereocenters. The molecule has 1 aromatic heterocycles. The van der Waals surface area contributed by atoms with Gasteiger partial charge in [-0.1, -0.05) is 30.7 Å². The van der Waals surface area contributed by atoms with Gasteiger partial charge in [0.05, 0.1) is 5.02 Å². The van der Waals surface area contributed by atoms with Gasteiger partial charge in [0.2, 0.25) is 5.88 Å². The van der Waals surface area contributed by atoms with E-state index in [9.17, 15) is 4.39 Å². The summed E-state index contributed by atoms with van der Waals surface area (Å²) in [5, 5.41) is 3.32. The molecule has 0 radical (unpaired) electrons. The maximum absolute atomic E-state index is 13.7. The Hall–Kier alpha value is -1.65. The van der Waals surface area contributed by atoms with E-state index in [-0.39, 0.29) is 16.8 Å². The fourth-order valence-electron chi connectivity index (χ4n) is 1.81. The number of halogens is 2. The molecule has 20 heavy (non-hydrogen) atoms. The molecule has 5 heteroatoms. The van der Waals surface area contributed by atoms with E-state index in [2.05, 4.69) is 17.2 Å². The average Bonchev–Trinajstić information content (AvgIpc) is 2.45. The van der Waals surface area contributed by atoms with Crippen molar-refractivity contribution in [1.82, 2.24) is 10.3 Å². The van der Waals surface area contributed by atoms with Crippen LogP contribution in [0.15, 0.2) is 36.5 Å². The Balaban J connectivity index is 2.13. The molecule has 0 bridgehead atoms. The predicted molar refractivity (Wildman–Crippen MR) is 77.8 cm³/mol. The fraction of sp³-hybridized carbons (Fsp3) is 0.267.